The predicted molar refractivity (Wildman–Crippen MR) is 108 cm³/mol. The van der Waals surface area contributed by atoms with E-state index in [0.29, 0.717) is 13.1 Å². The minimum atomic E-state index is -0.00902. The Kier molecular flexibility index (Phi) is 5.44. The molecule has 2 amide bonds. The normalized spacial score (nSPS) is 19.0. The molecule has 4 heterocycles. The Morgan fingerprint density at radius 2 is 2.18 bits per heavy atom. The number of carbonyl (C=O) groups excluding carboxylic acids is 2. The summed E-state index contributed by atoms with van der Waals surface area (Å²) in [4.78, 5) is 39.1. The average molecular weight is 399 g/mol. The van der Waals surface area contributed by atoms with Gasteiger partial charge in [-0.1, -0.05) is 13.3 Å². The van der Waals surface area contributed by atoms with Crippen molar-refractivity contribution in [2.45, 2.75) is 58.5 Å². The maximum atomic E-state index is 12.9. The van der Waals surface area contributed by atoms with E-state index in [1.54, 1.807) is 18.3 Å². The van der Waals surface area contributed by atoms with Crippen LogP contribution in [0.5, 0.6) is 0 Å². The predicted octanol–water partition coefficient (Wildman–Crippen LogP) is 3.37. The van der Waals surface area contributed by atoms with E-state index in [9.17, 15) is 9.59 Å². The fraction of sp³-hybridized carbons (Fsp3) is 0.524. The van der Waals surface area contributed by atoms with Crippen LogP contribution in [0.4, 0.5) is 0 Å². The number of aryl methyl sites for hydroxylation is 1. The quantitative estimate of drug-likeness (QED) is 0.792. The lowest BCUT2D eigenvalue weighted by molar-refractivity contribution is -0.129. The van der Waals surface area contributed by atoms with Gasteiger partial charge in [-0.15, -0.1) is 11.3 Å². The number of amides is 2. The molecule has 2 aromatic rings. The van der Waals surface area contributed by atoms with Crippen LogP contribution in [0.25, 0.3) is 0 Å². The summed E-state index contributed by atoms with van der Waals surface area (Å²) < 4.78 is 0. The van der Waals surface area contributed by atoms with Crippen molar-refractivity contribution < 1.29 is 9.59 Å². The van der Waals surface area contributed by atoms with E-state index in [1.807, 2.05) is 27.4 Å². The van der Waals surface area contributed by atoms with Crippen LogP contribution in [0.3, 0.4) is 0 Å². The van der Waals surface area contributed by atoms with Gasteiger partial charge in [0.1, 0.15) is 0 Å². The van der Waals surface area contributed by atoms with Crippen molar-refractivity contribution in [1.82, 2.24) is 19.8 Å². The molecule has 0 N–H and O–H groups in total. The number of hydrogen-bond acceptors (Lipinski definition) is 5. The second-order valence-corrected chi connectivity index (χ2v) is 8.59. The number of rotatable bonds is 4. The molecule has 1 saturated heterocycles. The van der Waals surface area contributed by atoms with Crippen LogP contribution in [0.15, 0.2) is 17.6 Å². The first-order valence-corrected chi connectivity index (χ1v) is 10.9. The molecule has 2 aliphatic rings. The van der Waals surface area contributed by atoms with Gasteiger partial charge in [-0.3, -0.25) is 9.59 Å². The molecule has 0 aliphatic carbocycles. The third kappa shape index (κ3) is 3.68. The van der Waals surface area contributed by atoms with Gasteiger partial charge in [0.05, 0.1) is 17.3 Å². The van der Waals surface area contributed by atoms with E-state index in [4.69, 9.17) is 4.98 Å². The highest BCUT2D eigenvalue weighted by Gasteiger charge is 2.31. The average Bonchev–Trinajstić information content (AvgIpc) is 3.36. The van der Waals surface area contributed by atoms with Crippen molar-refractivity contribution in [1.29, 1.82) is 0 Å². The molecule has 4 rings (SSSR count). The van der Waals surface area contributed by atoms with E-state index in [-0.39, 0.29) is 17.9 Å². The molecule has 28 heavy (non-hydrogen) atoms. The molecule has 0 saturated carbocycles. The highest BCUT2D eigenvalue weighted by molar-refractivity contribution is 7.10. The first-order valence-electron chi connectivity index (χ1n) is 10.1. The van der Waals surface area contributed by atoms with Crippen molar-refractivity contribution in [3.05, 3.63) is 45.2 Å². The Labute approximate surface area is 169 Å². The lowest BCUT2D eigenvalue weighted by Gasteiger charge is -2.29. The summed E-state index contributed by atoms with van der Waals surface area (Å²) >= 11 is 1.67. The molecular weight excluding hydrogens is 372 g/mol. The van der Waals surface area contributed by atoms with Crippen molar-refractivity contribution in [2.75, 3.05) is 13.1 Å². The molecule has 0 bridgehead atoms. The molecular formula is C21H26N4O2S. The molecule has 1 unspecified atom stereocenters. The van der Waals surface area contributed by atoms with Crippen molar-refractivity contribution >= 4 is 23.2 Å². The zero-order valence-corrected chi connectivity index (χ0v) is 17.3. The van der Waals surface area contributed by atoms with Crippen LogP contribution in [0, 0.1) is 0 Å². The van der Waals surface area contributed by atoms with Gasteiger partial charge >= 0.3 is 0 Å². The number of carbonyl (C=O) groups is 2. The third-order valence-corrected chi connectivity index (χ3v) is 6.59. The Balaban J connectivity index is 1.48. The minimum Gasteiger partial charge on any atom is -0.334 e. The van der Waals surface area contributed by atoms with E-state index in [1.165, 1.54) is 4.88 Å². The summed E-state index contributed by atoms with van der Waals surface area (Å²) in [5.41, 5.74) is 2.82. The zero-order chi connectivity index (χ0) is 19.7. The summed E-state index contributed by atoms with van der Waals surface area (Å²) in [6.07, 6.45) is 6.61. The fourth-order valence-electron chi connectivity index (χ4n) is 4.13. The first kappa shape index (κ1) is 19.1. The summed E-state index contributed by atoms with van der Waals surface area (Å²) in [7, 11) is 0. The van der Waals surface area contributed by atoms with Crippen LogP contribution in [0.1, 0.15) is 71.5 Å². The standard InChI is InChI=1S/C21H26N4O2S/c1-3-5-17-10-15(13-28-17)21(27)24-9-7-18-16(12-24)11-22-20(23-18)19-6-4-8-25(19)14(2)26/h10-11,13,19H,3-9,12H2,1-2H3. The molecule has 148 valence electrons. The van der Waals surface area contributed by atoms with Crippen molar-refractivity contribution in [3.8, 4) is 0 Å². The zero-order valence-electron chi connectivity index (χ0n) is 16.5. The molecule has 2 aromatic heterocycles. The number of thiophene rings is 1. The van der Waals surface area contributed by atoms with Crippen LogP contribution in [-0.2, 0) is 24.2 Å². The maximum Gasteiger partial charge on any atom is 0.255 e. The van der Waals surface area contributed by atoms with Crippen LogP contribution in [-0.4, -0.2) is 44.7 Å². The number of nitrogens with zero attached hydrogens (tertiary/aromatic N) is 4. The number of hydrogen-bond donors (Lipinski definition) is 0. The number of aromatic nitrogens is 2. The molecule has 7 heteroatoms. The van der Waals surface area contributed by atoms with Gasteiger partial charge in [0.2, 0.25) is 5.91 Å². The lowest BCUT2D eigenvalue weighted by atomic mass is 10.1. The molecule has 1 fully saturated rings. The van der Waals surface area contributed by atoms with E-state index >= 15 is 0 Å². The van der Waals surface area contributed by atoms with Crippen molar-refractivity contribution in [3.63, 3.8) is 0 Å². The summed E-state index contributed by atoms with van der Waals surface area (Å²) in [6.45, 7) is 5.76. The highest BCUT2D eigenvalue weighted by atomic mass is 32.1. The Hall–Kier alpha value is -2.28. The molecule has 0 spiro atoms. The second kappa shape index (κ2) is 7.99. The number of likely N-dealkylation sites (tertiary alicyclic amines) is 1. The topological polar surface area (TPSA) is 66.4 Å². The summed E-state index contributed by atoms with van der Waals surface area (Å²) in [5.74, 6) is 0.916. The minimum absolute atomic E-state index is 0.00902. The third-order valence-electron chi connectivity index (χ3n) is 5.59. The first-order chi connectivity index (χ1) is 13.6. The van der Waals surface area contributed by atoms with Crippen LogP contribution in [0.2, 0.25) is 0 Å². The Morgan fingerprint density at radius 3 is 2.96 bits per heavy atom. The highest BCUT2D eigenvalue weighted by Crippen LogP contribution is 2.31. The van der Waals surface area contributed by atoms with E-state index in [0.717, 1.165) is 61.3 Å². The molecule has 6 nitrogen and oxygen atoms in total. The van der Waals surface area contributed by atoms with Gasteiger partial charge in [0.15, 0.2) is 5.82 Å². The smallest absolute Gasteiger partial charge is 0.255 e. The van der Waals surface area contributed by atoms with Gasteiger partial charge in [0.25, 0.3) is 5.91 Å². The van der Waals surface area contributed by atoms with Gasteiger partial charge in [-0.05, 0) is 25.3 Å². The number of fused-ring (bicyclic) bond motifs is 1. The van der Waals surface area contributed by atoms with Gasteiger partial charge < -0.3 is 9.80 Å². The monoisotopic (exact) mass is 398 g/mol. The van der Waals surface area contributed by atoms with E-state index < -0.39 is 0 Å². The maximum absolute atomic E-state index is 12.9. The van der Waals surface area contributed by atoms with Crippen LogP contribution < -0.4 is 0 Å². The van der Waals surface area contributed by atoms with Gasteiger partial charge in [-0.2, -0.15) is 0 Å². The molecule has 2 aliphatic heterocycles. The lowest BCUT2D eigenvalue weighted by Crippen LogP contribution is -2.37. The molecule has 0 aromatic carbocycles. The largest absolute Gasteiger partial charge is 0.334 e. The van der Waals surface area contributed by atoms with Gasteiger partial charge in [0, 0.05) is 55.0 Å². The summed E-state index contributed by atoms with van der Waals surface area (Å²) in [5, 5.41) is 1.97. The molecule has 0 radical (unpaired) electrons. The Morgan fingerprint density at radius 1 is 1.32 bits per heavy atom. The fourth-order valence-corrected chi connectivity index (χ4v) is 5.09. The van der Waals surface area contributed by atoms with Crippen molar-refractivity contribution in [2.24, 2.45) is 0 Å². The molecule has 1 atom stereocenters. The summed E-state index contributed by atoms with van der Waals surface area (Å²) in [6, 6.07) is 2.02. The van der Waals surface area contributed by atoms with E-state index in [2.05, 4.69) is 11.9 Å². The van der Waals surface area contributed by atoms with Crippen LogP contribution >= 0.6 is 11.3 Å². The SMILES string of the molecule is CCCc1cc(C(=O)N2CCc3nc(C4CCCN4C(C)=O)ncc3C2)cs1. The van der Waals surface area contributed by atoms with Gasteiger partial charge in [-0.25, -0.2) is 9.97 Å². The second-order valence-electron chi connectivity index (χ2n) is 7.60. The Bertz CT molecular complexity index is 894.